The van der Waals surface area contributed by atoms with Crippen LogP contribution in [0, 0.1) is 19.7 Å². The predicted octanol–water partition coefficient (Wildman–Crippen LogP) is 1.90. The largest absolute Gasteiger partial charge is 0.410 e. The Kier molecular flexibility index (Phi) is 2.51. The number of aryl methyl sites for hydroxylation is 2. The van der Waals surface area contributed by atoms with Gasteiger partial charge in [0, 0.05) is 0 Å². The minimum Gasteiger partial charge on any atom is -0.410 e. The molecule has 0 atom stereocenters. The van der Waals surface area contributed by atoms with Crippen molar-refractivity contribution < 1.29 is 13.9 Å². The molecule has 0 aromatic heterocycles. The summed E-state index contributed by atoms with van der Waals surface area (Å²) in [6.45, 7) is 3.19. The number of amides is 1. The highest BCUT2D eigenvalue weighted by Gasteiger charge is 2.06. The molecule has 2 N–H and O–H groups in total. The number of halogens is 1. The van der Waals surface area contributed by atoms with E-state index in [0.717, 1.165) is 0 Å². The summed E-state index contributed by atoms with van der Waals surface area (Å²) in [6, 6.07) is 2.85. The van der Waals surface area contributed by atoms with E-state index in [0.29, 0.717) is 11.1 Å². The first-order valence-electron chi connectivity index (χ1n) is 3.74. The Bertz CT molecular complexity index is 326. The van der Waals surface area contributed by atoms with Crippen LogP contribution in [0.3, 0.4) is 0 Å². The van der Waals surface area contributed by atoms with E-state index in [9.17, 15) is 9.18 Å². The number of ether oxygens (including phenoxy) is 1. The van der Waals surface area contributed by atoms with E-state index < -0.39 is 6.09 Å². The molecule has 1 aromatic rings. The summed E-state index contributed by atoms with van der Waals surface area (Å²) in [5.74, 6) is -0.0271. The van der Waals surface area contributed by atoms with Crippen LogP contribution in [-0.2, 0) is 0 Å². The second-order valence-electron chi connectivity index (χ2n) is 2.79. The smallest absolute Gasteiger partial charge is 0.409 e. The number of primary amides is 1. The average Bonchev–Trinajstić information content (AvgIpc) is 1.98. The Hall–Kier alpha value is -1.58. The lowest BCUT2D eigenvalue weighted by Crippen LogP contribution is -2.16. The molecule has 3 nitrogen and oxygen atoms in total. The molecule has 1 rings (SSSR count). The zero-order chi connectivity index (χ0) is 10.0. The Balaban J connectivity index is 3.06. The highest BCUT2D eigenvalue weighted by molar-refractivity contribution is 5.68. The molecular formula is C9H10FNO2. The Labute approximate surface area is 75.3 Å². The molecule has 0 unspecified atom stereocenters. The molecule has 0 bridgehead atoms. The summed E-state index contributed by atoms with van der Waals surface area (Å²) in [5.41, 5.74) is 5.66. The summed E-state index contributed by atoms with van der Waals surface area (Å²) in [6.07, 6.45) is -0.898. The number of carbonyl (C=O) groups excluding carboxylic acids is 1. The van der Waals surface area contributed by atoms with Crippen molar-refractivity contribution in [1.29, 1.82) is 0 Å². The monoisotopic (exact) mass is 183 g/mol. The zero-order valence-corrected chi connectivity index (χ0v) is 7.43. The maximum atomic E-state index is 13.1. The molecule has 0 aliphatic rings. The quantitative estimate of drug-likeness (QED) is 0.722. The molecular weight excluding hydrogens is 173 g/mol. The van der Waals surface area contributed by atoms with Crippen LogP contribution in [0.4, 0.5) is 9.18 Å². The molecule has 1 aromatic carbocycles. The van der Waals surface area contributed by atoms with Gasteiger partial charge in [-0.1, -0.05) is 0 Å². The van der Waals surface area contributed by atoms with Gasteiger partial charge in [-0.3, -0.25) is 0 Å². The van der Waals surface area contributed by atoms with Gasteiger partial charge >= 0.3 is 6.09 Å². The molecule has 0 fully saturated rings. The van der Waals surface area contributed by atoms with Gasteiger partial charge in [-0.25, -0.2) is 9.18 Å². The van der Waals surface area contributed by atoms with Gasteiger partial charge in [0.15, 0.2) is 0 Å². The van der Waals surface area contributed by atoms with Crippen molar-refractivity contribution in [3.63, 3.8) is 0 Å². The van der Waals surface area contributed by atoms with Gasteiger partial charge < -0.3 is 10.5 Å². The lowest BCUT2D eigenvalue weighted by Gasteiger charge is -2.05. The van der Waals surface area contributed by atoms with E-state index in [-0.39, 0.29) is 11.6 Å². The SMILES string of the molecule is Cc1cc(OC(N)=O)cc(C)c1F. The van der Waals surface area contributed by atoms with Crippen LogP contribution in [0.1, 0.15) is 11.1 Å². The standard InChI is InChI=1S/C9H10FNO2/c1-5-3-7(13-9(11)12)4-6(2)8(5)10/h3-4H,1-2H3,(H2,11,12). The highest BCUT2D eigenvalue weighted by atomic mass is 19.1. The number of carbonyl (C=O) groups is 1. The van der Waals surface area contributed by atoms with Gasteiger partial charge in [-0.05, 0) is 37.1 Å². The number of hydrogen-bond donors (Lipinski definition) is 1. The van der Waals surface area contributed by atoms with Crippen molar-refractivity contribution in [2.45, 2.75) is 13.8 Å². The van der Waals surface area contributed by atoms with Gasteiger partial charge in [0.25, 0.3) is 0 Å². The lowest BCUT2D eigenvalue weighted by molar-refractivity contribution is 0.211. The summed E-state index contributed by atoms with van der Waals surface area (Å²) >= 11 is 0. The molecule has 1 amide bonds. The van der Waals surface area contributed by atoms with Crippen LogP contribution < -0.4 is 10.5 Å². The topological polar surface area (TPSA) is 52.3 Å². The summed E-state index contributed by atoms with van der Waals surface area (Å²) in [7, 11) is 0. The fourth-order valence-corrected chi connectivity index (χ4v) is 1.08. The van der Waals surface area contributed by atoms with E-state index in [1.54, 1.807) is 13.8 Å². The summed E-state index contributed by atoms with van der Waals surface area (Å²) in [5, 5.41) is 0. The van der Waals surface area contributed by atoms with Crippen LogP contribution in [-0.4, -0.2) is 6.09 Å². The minimum atomic E-state index is -0.898. The van der Waals surface area contributed by atoms with Gasteiger partial charge in [0.2, 0.25) is 0 Å². The fraction of sp³-hybridized carbons (Fsp3) is 0.222. The number of rotatable bonds is 1. The molecule has 0 radical (unpaired) electrons. The molecule has 0 aliphatic carbocycles. The van der Waals surface area contributed by atoms with Crippen molar-refractivity contribution in [3.8, 4) is 5.75 Å². The van der Waals surface area contributed by atoms with Crippen molar-refractivity contribution in [3.05, 3.63) is 29.1 Å². The Morgan fingerprint density at radius 2 is 1.85 bits per heavy atom. The molecule has 0 heterocycles. The second-order valence-corrected chi connectivity index (χ2v) is 2.79. The summed E-state index contributed by atoms with van der Waals surface area (Å²) in [4.78, 5) is 10.4. The van der Waals surface area contributed by atoms with Crippen molar-refractivity contribution in [2.75, 3.05) is 0 Å². The molecule has 0 saturated heterocycles. The number of hydrogen-bond acceptors (Lipinski definition) is 2. The van der Waals surface area contributed by atoms with Gasteiger partial charge in [0.05, 0.1) is 0 Å². The molecule has 0 spiro atoms. The maximum Gasteiger partial charge on any atom is 0.409 e. The minimum absolute atomic E-state index is 0.268. The highest BCUT2D eigenvalue weighted by Crippen LogP contribution is 2.20. The number of benzene rings is 1. The first-order chi connectivity index (χ1) is 6.00. The fourth-order valence-electron chi connectivity index (χ4n) is 1.08. The zero-order valence-electron chi connectivity index (χ0n) is 7.43. The van der Waals surface area contributed by atoms with E-state index >= 15 is 0 Å². The van der Waals surface area contributed by atoms with Gasteiger partial charge in [0.1, 0.15) is 11.6 Å². The third-order valence-electron chi connectivity index (χ3n) is 1.63. The van der Waals surface area contributed by atoms with Crippen LogP contribution in [0.5, 0.6) is 5.75 Å². The first kappa shape index (κ1) is 9.51. The lowest BCUT2D eigenvalue weighted by atomic mass is 10.1. The summed E-state index contributed by atoms with van der Waals surface area (Å²) < 4.78 is 17.7. The Morgan fingerprint density at radius 3 is 2.23 bits per heavy atom. The molecule has 13 heavy (non-hydrogen) atoms. The van der Waals surface area contributed by atoms with Gasteiger partial charge in [-0.15, -0.1) is 0 Å². The van der Waals surface area contributed by atoms with E-state index in [1.165, 1.54) is 12.1 Å². The van der Waals surface area contributed by atoms with Crippen LogP contribution >= 0.6 is 0 Å². The third-order valence-corrected chi connectivity index (χ3v) is 1.63. The molecule has 0 aliphatic heterocycles. The van der Waals surface area contributed by atoms with Crippen LogP contribution in [0.15, 0.2) is 12.1 Å². The van der Waals surface area contributed by atoms with Crippen molar-refractivity contribution in [1.82, 2.24) is 0 Å². The van der Waals surface area contributed by atoms with Crippen LogP contribution in [0.2, 0.25) is 0 Å². The normalized spacial score (nSPS) is 9.77. The van der Waals surface area contributed by atoms with E-state index in [2.05, 4.69) is 4.74 Å². The molecule has 70 valence electrons. The maximum absolute atomic E-state index is 13.1. The second kappa shape index (κ2) is 3.43. The Morgan fingerprint density at radius 1 is 1.38 bits per heavy atom. The average molecular weight is 183 g/mol. The third kappa shape index (κ3) is 2.18. The predicted molar refractivity (Wildman–Crippen MR) is 46.1 cm³/mol. The molecule has 0 saturated carbocycles. The van der Waals surface area contributed by atoms with Crippen LogP contribution in [0.25, 0.3) is 0 Å². The molecule has 4 heteroatoms. The number of nitrogens with two attached hydrogens (primary N) is 1. The van der Waals surface area contributed by atoms with E-state index in [4.69, 9.17) is 5.73 Å². The van der Waals surface area contributed by atoms with Crippen molar-refractivity contribution >= 4 is 6.09 Å². The van der Waals surface area contributed by atoms with Gasteiger partial charge in [-0.2, -0.15) is 0 Å². The van der Waals surface area contributed by atoms with Crippen molar-refractivity contribution in [2.24, 2.45) is 5.73 Å². The van der Waals surface area contributed by atoms with E-state index in [1.807, 2.05) is 0 Å². The first-order valence-corrected chi connectivity index (χ1v) is 3.74.